The topological polar surface area (TPSA) is 100 Å². The summed E-state index contributed by atoms with van der Waals surface area (Å²) < 4.78 is 51.1. The average molecular weight is 508 g/mol. The van der Waals surface area contributed by atoms with E-state index in [0.29, 0.717) is 50.7 Å². The summed E-state index contributed by atoms with van der Waals surface area (Å²) in [7, 11) is 0. The second kappa shape index (κ2) is 11.2. The minimum atomic E-state index is -1.31. The molecule has 0 aromatic heterocycles. The highest BCUT2D eigenvalue weighted by atomic mass is 19.2. The van der Waals surface area contributed by atoms with Crippen molar-refractivity contribution in [1.29, 1.82) is 0 Å². The molecular weight excluding hydrogens is 479 g/mol. The van der Waals surface area contributed by atoms with Gasteiger partial charge < -0.3 is 30.1 Å². The van der Waals surface area contributed by atoms with Crippen molar-refractivity contribution in [2.45, 2.75) is 25.5 Å². The molecule has 1 aliphatic heterocycles. The van der Waals surface area contributed by atoms with Crippen LogP contribution in [0.2, 0.25) is 0 Å². The number of fused-ring (bicyclic) bond motifs is 1. The average Bonchev–Trinajstić information content (AvgIpc) is 3.28. The normalized spacial score (nSPS) is 21.1. The number of halogens is 3. The summed E-state index contributed by atoms with van der Waals surface area (Å²) in [6.07, 6.45) is -0.599. The number of carboxylic acid groups (broad SMARTS) is 1. The van der Waals surface area contributed by atoms with Crippen LogP contribution in [0.1, 0.15) is 12.5 Å². The molecule has 2 fully saturated rings. The van der Waals surface area contributed by atoms with Crippen LogP contribution < -0.4 is 15.4 Å². The first-order valence-electron chi connectivity index (χ1n) is 11.8. The Kier molecular flexibility index (Phi) is 8.00. The summed E-state index contributed by atoms with van der Waals surface area (Å²) in [5.74, 6) is -3.34. The van der Waals surface area contributed by atoms with Crippen molar-refractivity contribution in [3.05, 3.63) is 59.4 Å². The van der Waals surface area contributed by atoms with Crippen molar-refractivity contribution in [3.8, 4) is 5.75 Å². The standard InChI is InChI=1S/C25H28F3N3O5/c1-2-35-22(24(32)33)9-14-3-5-15(6-4-14)36-8-7-29-23-16-12-31(13-17(16)23)25(34)30-21-11-19(27)18(26)10-20(21)28/h3-6,10-11,16-17,22-23,29H,2,7-9,12-13H2,1H3,(H,30,34)(H,32,33)/t16-,17?,22-,23?/m0/s1. The molecule has 11 heteroatoms. The van der Waals surface area contributed by atoms with Gasteiger partial charge in [0, 0.05) is 50.8 Å². The van der Waals surface area contributed by atoms with E-state index in [1.165, 1.54) is 4.90 Å². The predicted molar refractivity (Wildman–Crippen MR) is 124 cm³/mol. The highest BCUT2D eigenvalue weighted by molar-refractivity contribution is 5.89. The highest BCUT2D eigenvalue weighted by Crippen LogP contribution is 2.45. The van der Waals surface area contributed by atoms with Crippen LogP contribution in [0.5, 0.6) is 5.75 Å². The van der Waals surface area contributed by atoms with Crippen LogP contribution >= 0.6 is 0 Å². The Balaban J connectivity index is 1.14. The van der Waals surface area contributed by atoms with Crippen LogP contribution in [0.15, 0.2) is 36.4 Å². The number of nitrogens with one attached hydrogen (secondary N) is 2. The molecule has 2 unspecified atom stereocenters. The van der Waals surface area contributed by atoms with Crippen LogP contribution in [0.25, 0.3) is 0 Å². The molecular formula is C25H28F3N3O5. The monoisotopic (exact) mass is 507 g/mol. The van der Waals surface area contributed by atoms with E-state index in [0.717, 1.165) is 5.56 Å². The molecule has 1 saturated heterocycles. The maximum Gasteiger partial charge on any atom is 0.333 e. The smallest absolute Gasteiger partial charge is 0.333 e. The van der Waals surface area contributed by atoms with E-state index in [-0.39, 0.29) is 24.3 Å². The Morgan fingerprint density at radius 2 is 1.75 bits per heavy atom. The number of carboxylic acids is 1. The Labute approximate surface area is 206 Å². The fourth-order valence-electron chi connectivity index (χ4n) is 4.56. The maximum absolute atomic E-state index is 13.8. The third kappa shape index (κ3) is 6.08. The first-order valence-corrected chi connectivity index (χ1v) is 11.8. The van der Waals surface area contributed by atoms with Crippen molar-refractivity contribution in [2.24, 2.45) is 11.8 Å². The molecule has 3 N–H and O–H groups in total. The third-order valence-corrected chi connectivity index (χ3v) is 6.47. The van der Waals surface area contributed by atoms with E-state index in [2.05, 4.69) is 10.6 Å². The van der Waals surface area contributed by atoms with E-state index in [1.807, 2.05) is 12.1 Å². The molecule has 194 valence electrons. The van der Waals surface area contributed by atoms with Crippen molar-refractivity contribution in [2.75, 3.05) is 38.2 Å². The van der Waals surface area contributed by atoms with Crippen LogP contribution in [0.4, 0.5) is 23.7 Å². The fraction of sp³-hybridized carbons (Fsp3) is 0.440. The molecule has 36 heavy (non-hydrogen) atoms. The number of piperidine rings is 1. The van der Waals surface area contributed by atoms with Gasteiger partial charge in [-0.05, 0) is 36.5 Å². The van der Waals surface area contributed by atoms with E-state index < -0.39 is 41.2 Å². The zero-order chi connectivity index (χ0) is 25.8. The van der Waals surface area contributed by atoms with Gasteiger partial charge in [0.2, 0.25) is 0 Å². The SMILES string of the molecule is CCO[C@@H](Cc1ccc(OCCNC2C3CN(C(=O)Nc4cc(F)c(F)cc4F)C[C@@H]32)cc1)C(=O)O. The molecule has 8 nitrogen and oxygen atoms in total. The summed E-state index contributed by atoms with van der Waals surface area (Å²) in [6, 6.07) is 7.95. The van der Waals surface area contributed by atoms with Gasteiger partial charge in [-0.1, -0.05) is 12.1 Å². The summed E-state index contributed by atoms with van der Waals surface area (Å²) in [5, 5.41) is 14.9. The van der Waals surface area contributed by atoms with E-state index >= 15 is 0 Å². The fourth-order valence-corrected chi connectivity index (χ4v) is 4.56. The Hall–Kier alpha value is -3.31. The Morgan fingerprint density at radius 1 is 1.08 bits per heavy atom. The number of anilines is 1. The van der Waals surface area contributed by atoms with Crippen molar-refractivity contribution < 1.29 is 37.3 Å². The number of rotatable bonds is 11. The van der Waals surface area contributed by atoms with Gasteiger partial charge in [-0.25, -0.2) is 22.8 Å². The lowest BCUT2D eigenvalue weighted by atomic mass is 10.1. The molecule has 2 aromatic carbocycles. The number of carbonyl (C=O) groups is 2. The number of nitrogens with zero attached hydrogens (tertiary/aromatic N) is 1. The molecule has 4 rings (SSSR count). The van der Waals surface area contributed by atoms with Crippen LogP contribution in [0.3, 0.4) is 0 Å². The highest BCUT2D eigenvalue weighted by Gasteiger charge is 2.56. The number of carbonyl (C=O) groups excluding carboxylic acids is 1. The summed E-state index contributed by atoms with van der Waals surface area (Å²) in [4.78, 5) is 25.1. The van der Waals surface area contributed by atoms with Gasteiger partial charge in [-0.3, -0.25) is 0 Å². The minimum Gasteiger partial charge on any atom is -0.492 e. The molecule has 2 amide bonds. The van der Waals surface area contributed by atoms with Crippen molar-refractivity contribution in [1.82, 2.24) is 10.2 Å². The lowest BCUT2D eigenvalue weighted by molar-refractivity contribution is -0.149. The largest absolute Gasteiger partial charge is 0.492 e. The Morgan fingerprint density at radius 3 is 2.39 bits per heavy atom. The number of hydrogen-bond donors (Lipinski definition) is 3. The molecule has 0 bridgehead atoms. The van der Waals surface area contributed by atoms with Gasteiger partial charge in [0.25, 0.3) is 0 Å². The number of benzene rings is 2. The van der Waals surface area contributed by atoms with Crippen LogP contribution in [-0.4, -0.2) is 67.0 Å². The van der Waals surface area contributed by atoms with E-state index in [1.54, 1.807) is 19.1 Å². The maximum atomic E-state index is 13.8. The summed E-state index contributed by atoms with van der Waals surface area (Å²) >= 11 is 0. The number of ether oxygens (including phenoxy) is 2. The lowest BCUT2D eigenvalue weighted by Crippen LogP contribution is -2.39. The quantitative estimate of drug-likeness (QED) is 0.319. The van der Waals surface area contributed by atoms with Crippen molar-refractivity contribution in [3.63, 3.8) is 0 Å². The Bertz CT molecular complexity index is 1090. The first kappa shape index (κ1) is 25.8. The molecule has 1 aliphatic carbocycles. The van der Waals surface area contributed by atoms with Gasteiger partial charge in [-0.15, -0.1) is 0 Å². The zero-order valence-electron chi connectivity index (χ0n) is 19.7. The van der Waals surface area contributed by atoms with Gasteiger partial charge >= 0.3 is 12.0 Å². The number of hydrogen-bond acceptors (Lipinski definition) is 5. The van der Waals surface area contributed by atoms with Crippen LogP contribution in [0, 0.1) is 29.3 Å². The van der Waals surface area contributed by atoms with Crippen LogP contribution in [-0.2, 0) is 16.0 Å². The number of aliphatic carboxylic acids is 1. The predicted octanol–water partition coefficient (Wildman–Crippen LogP) is 3.27. The summed E-state index contributed by atoms with van der Waals surface area (Å²) in [6.45, 7) is 4.10. The van der Waals surface area contributed by atoms with E-state index in [9.17, 15) is 27.9 Å². The van der Waals surface area contributed by atoms with Gasteiger partial charge in [-0.2, -0.15) is 0 Å². The molecule has 2 aromatic rings. The number of urea groups is 1. The second-order valence-corrected chi connectivity index (χ2v) is 8.87. The molecule has 4 atom stereocenters. The molecule has 0 spiro atoms. The van der Waals surface area contributed by atoms with Gasteiger partial charge in [0.1, 0.15) is 18.2 Å². The summed E-state index contributed by atoms with van der Waals surface area (Å²) in [5.41, 5.74) is 0.448. The molecule has 2 aliphatic rings. The van der Waals surface area contributed by atoms with Crippen molar-refractivity contribution >= 4 is 17.7 Å². The minimum absolute atomic E-state index is 0.256. The van der Waals surface area contributed by atoms with E-state index in [4.69, 9.17) is 9.47 Å². The molecule has 1 heterocycles. The molecule has 1 saturated carbocycles. The number of amides is 2. The molecule has 0 radical (unpaired) electrons. The first-order chi connectivity index (χ1) is 17.3. The number of likely N-dealkylation sites (tertiary alicyclic amines) is 1. The third-order valence-electron chi connectivity index (χ3n) is 6.47. The lowest BCUT2D eigenvalue weighted by Gasteiger charge is -2.21. The second-order valence-electron chi connectivity index (χ2n) is 8.87. The van der Waals surface area contributed by atoms with Gasteiger partial charge in [0.15, 0.2) is 17.7 Å². The zero-order valence-corrected chi connectivity index (χ0v) is 19.7. The van der Waals surface area contributed by atoms with Gasteiger partial charge in [0.05, 0.1) is 5.69 Å².